The van der Waals surface area contributed by atoms with Crippen LogP contribution in [-0.2, 0) is 9.59 Å². The first kappa shape index (κ1) is 17.7. The van der Waals surface area contributed by atoms with Gasteiger partial charge in [0.05, 0.1) is 10.7 Å². The zero-order valence-electron chi connectivity index (χ0n) is 13.1. The maximum atomic E-state index is 11.9. The molecule has 6 nitrogen and oxygen atoms in total. The van der Waals surface area contributed by atoms with Crippen LogP contribution in [0.3, 0.4) is 0 Å². The number of amides is 2. The summed E-state index contributed by atoms with van der Waals surface area (Å²) in [4.78, 5) is 23.7. The molecule has 2 aromatic rings. The van der Waals surface area contributed by atoms with E-state index in [1.807, 2.05) is 32.0 Å². The van der Waals surface area contributed by atoms with E-state index in [1.165, 1.54) is 12.3 Å². The van der Waals surface area contributed by atoms with Gasteiger partial charge < -0.3 is 10.4 Å². The van der Waals surface area contributed by atoms with Gasteiger partial charge in [-0.1, -0.05) is 18.2 Å². The third kappa shape index (κ3) is 4.42. The SMILES string of the molecule is Cc1cccc(C)c1NC(=O)C(=O)N/N=C/c1ccc(O)c(Br)c1. The van der Waals surface area contributed by atoms with Crippen molar-refractivity contribution in [2.75, 3.05) is 5.32 Å². The van der Waals surface area contributed by atoms with Crippen LogP contribution in [0.4, 0.5) is 5.69 Å². The van der Waals surface area contributed by atoms with Crippen molar-refractivity contribution in [3.05, 3.63) is 57.6 Å². The minimum Gasteiger partial charge on any atom is -0.507 e. The fraction of sp³-hybridized carbons (Fsp3) is 0.118. The average molecular weight is 390 g/mol. The Labute approximate surface area is 147 Å². The van der Waals surface area contributed by atoms with E-state index in [9.17, 15) is 14.7 Å². The summed E-state index contributed by atoms with van der Waals surface area (Å²) in [5.41, 5.74) is 5.17. The van der Waals surface area contributed by atoms with Gasteiger partial charge in [-0.3, -0.25) is 9.59 Å². The van der Waals surface area contributed by atoms with Crippen molar-refractivity contribution in [1.82, 2.24) is 5.43 Å². The Bertz CT molecular complexity index is 798. The fourth-order valence-corrected chi connectivity index (χ4v) is 2.40. The summed E-state index contributed by atoms with van der Waals surface area (Å²) < 4.78 is 0.505. The molecule has 2 amide bonds. The Kier molecular flexibility index (Phi) is 5.70. The molecule has 2 aromatic carbocycles. The third-order valence-corrected chi connectivity index (χ3v) is 3.91. The zero-order valence-corrected chi connectivity index (χ0v) is 14.7. The zero-order chi connectivity index (χ0) is 17.7. The maximum Gasteiger partial charge on any atom is 0.329 e. The summed E-state index contributed by atoms with van der Waals surface area (Å²) in [5.74, 6) is -1.56. The van der Waals surface area contributed by atoms with Crippen LogP contribution < -0.4 is 10.7 Å². The van der Waals surface area contributed by atoms with E-state index in [1.54, 1.807) is 12.1 Å². The molecule has 0 aliphatic carbocycles. The number of hydrogen-bond acceptors (Lipinski definition) is 4. The summed E-state index contributed by atoms with van der Waals surface area (Å²) in [7, 11) is 0. The molecule has 0 radical (unpaired) electrons. The van der Waals surface area contributed by atoms with Crippen molar-refractivity contribution in [3.63, 3.8) is 0 Å². The van der Waals surface area contributed by atoms with E-state index in [0.717, 1.165) is 11.1 Å². The Morgan fingerprint density at radius 2 is 1.79 bits per heavy atom. The number of phenolic OH excluding ortho intramolecular Hbond substituents is 1. The molecule has 0 unspecified atom stereocenters. The highest BCUT2D eigenvalue weighted by molar-refractivity contribution is 9.10. The number of carbonyl (C=O) groups is 2. The lowest BCUT2D eigenvalue weighted by Gasteiger charge is -2.10. The minimum atomic E-state index is -0.869. The van der Waals surface area contributed by atoms with Crippen LogP contribution in [0.15, 0.2) is 46.0 Å². The molecule has 0 heterocycles. The third-order valence-electron chi connectivity index (χ3n) is 3.28. The lowest BCUT2D eigenvalue weighted by molar-refractivity contribution is -0.136. The summed E-state index contributed by atoms with van der Waals surface area (Å²) in [6.07, 6.45) is 1.37. The molecule has 0 aliphatic heterocycles. The monoisotopic (exact) mass is 389 g/mol. The molecule has 0 spiro atoms. The Balaban J connectivity index is 1.98. The van der Waals surface area contributed by atoms with Gasteiger partial charge in [0.15, 0.2) is 0 Å². The first-order chi connectivity index (χ1) is 11.4. The van der Waals surface area contributed by atoms with E-state index in [-0.39, 0.29) is 5.75 Å². The van der Waals surface area contributed by atoms with E-state index >= 15 is 0 Å². The molecule has 124 valence electrons. The molecule has 0 saturated carbocycles. The van der Waals surface area contributed by atoms with Gasteiger partial charge in [0.1, 0.15) is 5.75 Å². The van der Waals surface area contributed by atoms with Crippen LogP contribution in [0, 0.1) is 13.8 Å². The fourth-order valence-electron chi connectivity index (χ4n) is 2.00. The minimum absolute atomic E-state index is 0.101. The van der Waals surface area contributed by atoms with Crippen LogP contribution >= 0.6 is 15.9 Å². The summed E-state index contributed by atoms with van der Waals surface area (Å²) in [5, 5.41) is 15.7. The number of benzene rings is 2. The predicted octanol–water partition coefficient (Wildman–Crippen LogP) is 2.86. The van der Waals surface area contributed by atoms with Crippen molar-refractivity contribution in [3.8, 4) is 5.75 Å². The number of phenols is 1. The number of carbonyl (C=O) groups excluding carboxylic acids is 2. The lowest BCUT2D eigenvalue weighted by atomic mass is 10.1. The first-order valence-corrected chi connectivity index (χ1v) is 7.87. The van der Waals surface area contributed by atoms with Crippen LogP contribution in [0.1, 0.15) is 16.7 Å². The molecule has 0 aromatic heterocycles. The standard InChI is InChI=1S/C17H16BrN3O3/c1-10-4-3-5-11(2)15(10)20-16(23)17(24)21-19-9-12-6-7-14(22)13(18)8-12/h3-9,22H,1-2H3,(H,20,23)(H,21,24)/b19-9+. The number of aryl methyl sites for hydroxylation is 2. The quantitative estimate of drug-likeness (QED) is 0.428. The second-order valence-corrected chi connectivity index (χ2v) is 5.99. The number of aromatic hydroxyl groups is 1. The molecule has 0 atom stereocenters. The number of halogens is 1. The van der Waals surface area contributed by atoms with Crippen molar-refractivity contribution in [1.29, 1.82) is 0 Å². The molecule has 0 fully saturated rings. The van der Waals surface area contributed by atoms with Crippen LogP contribution in [0.25, 0.3) is 0 Å². The number of hydrazone groups is 1. The lowest BCUT2D eigenvalue weighted by Crippen LogP contribution is -2.32. The van der Waals surface area contributed by atoms with Gasteiger partial charge >= 0.3 is 11.8 Å². The second-order valence-electron chi connectivity index (χ2n) is 5.13. The van der Waals surface area contributed by atoms with Gasteiger partial charge in [0.2, 0.25) is 0 Å². The molecule has 3 N–H and O–H groups in total. The molecule has 24 heavy (non-hydrogen) atoms. The van der Waals surface area contributed by atoms with E-state index in [0.29, 0.717) is 15.7 Å². The highest BCUT2D eigenvalue weighted by atomic mass is 79.9. The number of rotatable bonds is 3. The van der Waals surface area contributed by atoms with Crippen molar-refractivity contribution in [2.45, 2.75) is 13.8 Å². The molecule has 2 rings (SSSR count). The van der Waals surface area contributed by atoms with Gasteiger partial charge in [-0.25, -0.2) is 5.43 Å². The Hall–Kier alpha value is -2.67. The number of nitrogens with one attached hydrogen (secondary N) is 2. The normalized spacial score (nSPS) is 10.6. The van der Waals surface area contributed by atoms with Crippen molar-refractivity contribution in [2.24, 2.45) is 5.10 Å². The number of para-hydroxylation sites is 1. The van der Waals surface area contributed by atoms with Crippen LogP contribution in [0.2, 0.25) is 0 Å². The second kappa shape index (κ2) is 7.74. The number of anilines is 1. The summed E-state index contributed by atoms with van der Waals surface area (Å²) in [6.45, 7) is 3.70. The Morgan fingerprint density at radius 3 is 2.42 bits per heavy atom. The molecular formula is C17H16BrN3O3. The molecule has 0 aliphatic rings. The molecule has 0 saturated heterocycles. The largest absolute Gasteiger partial charge is 0.507 e. The van der Waals surface area contributed by atoms with Gasteiger partial charge in [-0.15, -0.1) is 0 Å². The van der Waals surface area contributed by atoms with Crippen LogP contribution in [-0.4, -0.2) is 23.1 Å². The molecular weight excluding hydrogens is 374 g/mol. The number of nitrogens with zero attached hydrogens (tertiary/aromatic N) is 1. The van der Waals surface area contributed by atoms with Gasteiger partial charge in [0.25, 0.3) is 0 Å². The first-order valence-electron chi connectivity index (χ1n) is 7.07. The van der Waals surface area contributed by atoms with Crippen LogP contribution in [0.5, 0.6) is 5.75 Å². The number of hydrogen-bond donors (Lipinski definition) is 3. The van der Waals surface area contributed by atoms with Crippen molar-refractivity contribution >= 4 is 39.6 Å². The maximum absolute atomic E-state index is 11.9. The summed E-state index contributed by atoms with van der Waals surface area (Å²) >= 11 is 3.18. The average Bonchev–Trinajstić information content (AvgIpc) is 2.54. The van der Waals surface area contributed by atoms with E-state index in [2.05, 4.69) is 31.8 Å². The van der Waals surface area contributed by atoms with Gasteiger partial charge in [-0.2, -0.15) is 5.10 Å². The highest BCUT2D eigenvalue weighted by Crippen LogP contribution is 2.23. The van der Waals surface area contributed by atoms with Crippen molar-refractivity contribution < 1.29 is 14.7 Å². The highest BCUT2D eigenvalue weighted by Gasteiger charge is 2.15. The topological polar surface area (TPSA) is 90.8 Å². The van der Waals surface area contributed by atoms with Gasteiger partial charge in [0, 0.05) is 5.69 Å². The smallest absolute Gasteiger partial charge is 0.329 e. The molecule has 7 heteroatoms. The summed E-state index contributed by atoms with van der Waals surface area (Å²) in [6, 6.07) is 10.3. The van der Waals surface area contributed by atoms with E-state index in [4.69, 9.17) is 0 Å². The predicted molar refractivity (Wildman–Crippen MR) is 96.1 cm³/mol. The Morgan fingerprint density at radius 1 is 1.12 bits per heavy atom. The van der Waals surface area contributed by atoms with E-state index < -0.39 is 11.8 Å². The van der Waals surface area contributed by atoms with Gasteiger partial charge in [-0.05, 0) is 64.7 Å². The molecule has 0 bridgehead atoms.